The Morgan fingerprint density at radius 3 is 2.43 bits per heavy atom. The fourth-order valence-electron chi connectivity index (χ4n) is 1.19. The first kappa shape index (κ1) is 9.03. The van der Waals surface area contributed by atoms with E-state index in [2.05, 4.69) is 0 Å². The van der Waals surface area contributed by atoms with Crippen LogP contribution in [0.2, 0.25) is 5.02 Å². The van der Waals surface area contributed by atoms with Gasteiger partial charge in [-0.1, -0.05) is 41.9 Å². The standard InChI is InChI=1S/C11H7ClO2/c12-9-6-10(14-11(13)7-9)8-4-2-1-3-5-8/h1-7H. The van der Waals surface area contributed by atoms with Crippen LogP contribution in [0.25, 0.3) is 11.3 Å². The van der Waals surface area contributed by atoms with Gasteiger partial charge >= 0.3 is 5.63 Å². The minimum absolute atomic E-state index is 0.389. The molecular formula is C11H7ClO2. The van der Waals surface area contributed by atoms with Gasteiger partial charge in [0.2, 0.25) is 0 Å². The maximum absolute atomic E-state index is 11.0. The Hall–Kier alpha value is -1.54. The molecule has 70 valence electrons. The Kier molecular flexibility index (Phi) is 2.37. The van der Waals surface area contributed by atoms with Gasteiger partial charge in [0.25, 0.3) is 0 Å². The largest absolute Gasteiger partial charge is 0.423 e. The summed E-state index contributed by atoms with van der Waals surface area (Å²) in [5.74, 6) is 0.489. The van der Waals surface area contributed by atoms with Gasteiger partial charge in [-0.05, 0) is 0 Å². The van der Waals surface area contributed by atoms with E-state index in [1.165, 1.54) is 6.07 Å². The zero-order valence-corrected chi connectivity index (χ0v) is 7.99. The fourth-order valence-corrected chi connectivity index (χ4v) is 1.38. The van der Waals surface area contributed by atoms with Crippen molar-refractivity contribution in [1.29, 1.82) is 0 Å². The second kappa shape index (κ2) is 3.68. The average molecular weight is 207 g/mol. The molecule has 3 heteroatoms. The van der Waals surface area contributed by atoms with Gasteiger partial charge in [0, 0.05) is 17.7 Å². The van der Waals surface area contributed by atoms with Gasteiger partial charge in [0.05, 0.1) is 5.02 Å². The molecular weight excluding hydrogens is 200 g/mol. The molecule has 0 aliphatic carbocycles. The third-order valence-electron chi connectivity index (χ3n) is 1.79. The molecule has 0 atom stereocenters. The van der Waals surface area contributed by atoms with E-state index in [-0.39, 0.29) is 0 Å². The highest BCUT2D eigenvalue weighted by Crippen LogP contribution is 2.19. The fraction of sp³-hybridized carbons (Fsp3) is 0. The molecule has 0 bridgehead atoms. The van der Waals surface area contributed by atoms with Gasteiger partial charge in [-0.15, -0.1) is 0 Å². The summed E-state index contributed by atoms with van der Waals surface area (Å²) in [6.07, 6.45) is 0. The molecule has 2 nitrogen and oxygen atoms in total. The van der Waals surface area contributed by atoms with E-state index in [1.54, 1.807) is 6.07 Å². The summed E-state index contributed by atoms with van der Waals surface area (Å²) < 4.78 is 5.00. The van der Waals surface area contributed by atoms with E-state index in [0.29, 0.717) is 10.8 Å². The number of rotatable bonds is 1. The summed E-state index contributed by atoms with van der Waals surface area (Å²) >= 11 is 5.74. The topological polar surface area (TPSA) is 30.2 Å². The van der Waals surface area contributed by atoms with Crippen LogP contribution in [0.4, 0.5) is 0 Å². The molecule has 0 aliphatic heterocycles. The lowest BCUT2D eigenvalue weighted by Crippen LogP contribution is -1.96. The molecule has 2 rings (SSSR count). The molecule has 0 spiro atoms. The smallest absolute Gasteiger partial charge is 0.337 e. The Morgan fingerprint density at radius 1 is 1.07 bits per heavy atom. The second-order valence-electron chi connectivity index (χ2n) is 2.82. The molecule has 0 saturated carbocycles. The monoisotopic (exact) mass is 206 g/mol. The number of hydrogen-bond donors (Lipinski definition) is 0. The van der Waals surface area contributed by atoms with Crippen molar-refractivity contribution in [3.63, 3.8) is 0 Å². The third kappa shape index (κ3) is 1.86. The van der Waals surface area contributed by atoms with Crippen LogP contribution in [0.5, 0.6) is 0 Å². The first-order valence-electron chi connectivity index (χ1n) is 4.12. The molecule has 1 aromatic carbocycles. The van der Waals surface area contributed by atoms with Gasteiger partial charge in [0.15, 0.2) is 0 Å². The van der Waals surface area contributed by atoms with Gasteiger partial charge in [-0.2, -0.15) is 0 Å². The molecule has 0 unspecified atom stereocenters. The highest BCUT2D eigenvalue weighted by molar-refractivity contribution is 6.30. The van der Waals surface area contributed by atoms with Crippen molar-refractivity contribution in [1.82, 2.24) is 0 Å². The predicted molar refractivity (Wildman–Crippen MR) is 55.4 cm³/mol. The van der Waals surface area contributed by atoms with Gasteiger partial charge in [-0.25, -0.2) is 4.79 Å². The lowest BCUT2D eigenvalue weighted by molar-refractivity contribution is 0.526. The summed E-state index contributed by atoms with van der Waals surface area (Å²) in [5.41, 5.74) is 0.406. The van der Waals surface area contributed by atoms with Crippen LogP contribution >= 0.6 is 11.6 Å². The lowest BCUT2D eigenvalue weighted by atomic mass is 10.2. The van der Waals surface area contributed by atoms with Crippen molar-refractivity contribution >= 4 is 11.6 Å². The Morgan fingerprint density at radius 2 is 1.79 bits per heavy atom. The molecule has 1 heterocycles. The maximum Gasteiger partial charge on any atom is 0.337 e. The number of halogens is 1. The Bertz CT molecular complexity index is 488. The van der Waals surface area contributed by atoms with E-state index in [1.807, 2.05) is 30.3 Å². The minimum Gasteiger partial charge on any atom is -0.423 e. The minimum atomic E-state index is -0.434. The Labute approximate surface area is 85.8 Å². The number of hydrogen-bond acceptors (Lipinski definition) is 2. The van der Waals surface area contributed by atoms with Crippen LogP contribution in [0.1, 0.15) is 0 Å². The van der Waals surface area contributed by atoms with Crippen molar-refractivity contribution in [2.75, 3.05) is 0 Å². The predicted octanol–water partition coefficient (Wildman–Crippen LogP) is 2.96. The Balaban J connectivity index is 2.58. The van der Waals surface area contributed by atoms with Crippen LogP contribution in [0, 0.1) is 0 Å². The maximum atomic E-state index is 11.0. The van der Waals surface area contributed by atoms with Crippen LogP contribution < -0.4 is 5.63 Å². The van der Waals surface area contributed by atoms with E-state index >= 15 is 0 Å². The molecule has 1 aromatic heterocycles. The van der Waals surface area contributed by atoms with Crippen LogP contribution in [0.15, 0.2) is 51.7 Å². The van der Waals surface area contributed by atoms with Gasteiger partial charge < -0.3 is 4.42 Å². The first-order chi connectivity index (χ1) is 6.75. The van der Waals surface area contributed by atoms with Crippen molar-refractivity contribution in [2.45, 2.75) is 0 Å². The highest BCUT2D eigenvalue weighted by Gasteiger charge is 2.01. The summed E-state index contributed by atoms with van der Waals surface area (Å²) in [6.45, 7) is 0. The van der Waals surface area contributed by atoms with E-state index in [4.69, 9.17) is 16.0 Å². The van der Waals surface area contributed by atoms with E-state index < -0.39 is 5.63 Å². The van der Waals surface area contributed by atoms with Crippen LogP contribution in [-0.4, -0.2) is 0 Å². The molecule has 0 aliphatic rings. The summed E-state index contributed by atoms with van der Waals surface area (Å²) in [4.78, 5) is 11.0. The quantitative estimate of drug-likeness (QED) is 0.718. The first-order valence-corrected chi connectivity index (χ1v) is 4.49. The van der Waals surface area contributed by atoms with Gasteiger partial charge in [-0.3, -0.25) is 0 Å². The molecule has 0 saturated heterocycles. The van der Waals surface area contributed by atoms with Gasteiger partial charge in [0.1, 0.15) is 5.76 Å². The van der Waals surface area contributed by atoms with Crippen LogP contribution in [-0.2, 0) is 0 Å². The molecule has 2 aromatic rings. The normalized spacial score (nSPS) is 10.1. The second-order valence-corrected chi connectivity index (χ2v) is 3.26. The molecule has 0 amide bonds. The van der Waals surface area contributed by atoms with E-state index in [0.717, 1.165) is 5.56 Å². The van der Waals surface area contributed by atoms with Crippen LogP contribution in [0.3, 0.4) is 0 Å². The molecule has 14 heavy (non-hydrogen) atoms. The van der Waals surface area contributed by atoms with Crippen molar-refractivity contribution in [3.05, 3.63) is 57.9 Å². The lowest BCUT2D eigenvalue weighted by Gasteiger charge is -1.98. The molecule has 0 fully saturated rings. The van der Waals surface area contributed by atoms with Crippen molar-refractivity contribution in [2.24, 2.45) is 0 Å². The average Bonchev–Trinajstić information content (AvgIpc) is 2.18. The zero-order valence-electron chi connectivity index (χ0n) is 7.24. The summed E-state index contributed by atoms with van der Waals surface area (Å²) in [5, 5.41) is 0.389. The summed E-state index contributed by atoms with van der Waals surface area (Å²) in [6, 6.07) is 12.2. The third-order valence-corrected chi connectivity index (χ3v) is 2.01. The molecule has 0 radical (unpaired) electrons. The zero-order chi connectivity index (χ0) is 9.97. The van der Waals surface area contributed by atoms with Crippen molar-refractivity contribution in [3.8, 4) is 11.3 Å². The SMILES string of the molecule is O=c1cc(Cl)cc(-c2ccccc2)o1. The van der Waals surface area contributed by atoms with E-state index in [9.17, 15) is 4.79 Å². The van der Waals surface area contributed by atoms with Crippen molar-refractivity contribution < 1.29 is 4.42 Å². The summed E-state index contributed by atoms with van der Waals surface area (Å²) in [7, 11) is 0. The number of benzene rings is 1. The molecule has 0 N–H and O–H groups in total. The highest BCUT2D eigenvalue weighted by atomic mass is 35.5.